The average molecular weight is 386 g/mol. The van der Waals surface area contributed by atoms with Gasteiger partial charge in [-0.05, 0) is 37.1 Å². The van der Waals surface area contributed by atoms with Crippen LogP contribution < -0.4 is 16.0 Å². The van der Waals surface area contributed by atoms with Gasteiger partial charge in [0, 0.05) is 41.7 Å². The van der Waals surface area contributed by atoms with Gasteiger partial charge in [-0.25, -0.2) is 14.8 Å². The Balaban J connectivity index is 1.51. The van der Waals surface area contributed by atoms with Crippen molar-refractivity contribution in [1.82, 2.24) is 15.0 Å². The van der Waals surface area contributed by atoms with Crippen LogP contribution in [0.2, 0.25) is 0 Å². The van der Waals surface area contributed by atoms with Crippen molar-refractivity contribution in [2.75, 3.05) is 10.2 Å². The SMILES string of the molecule is NC(=O)c1cncc(-c2ccc3c(n2)N(C(=O)Nc2ccccn2)C2CCC32)c1. The number of hydrogen-bond donors (Lipinski definition) is 2. The lowest BCUT2D eigenvalue weighted by atomic mass is 9.78. The highest BCUT2D eigenvalue weighted by atomic mass is 16.2. The molecule has 2 aliphatic rings. The van der Waals surface area contributed by atoms with Crippen molar-refractivity contribution in [3.05, 3.63) is 66.1 Å². The molecule has 3 amide bonds. The Kier molecular flexibility index (Phi) is 3.97. The third-order valence-electron chi connectivity index (χ3n) is 5.54. The van der Waals surface area contributed by atoms with Gasteiger partial charge in [0.05, 0.1) is 11.3 Å². The second kappa shape index (κ2) is 6.66. The van der Waals surface area contributed by atoms with Gasteiger partial charge in [-0.2, -0.15) is 0 Å². The zero-order chi connectivity index (χ0) is 20.0. The zero-order valence-electron chi connectivity index (χ0n) is 15.4. The van der Waals surface area contributed by atoms with Crippen molar-refractivity contribution in [2.45, 2.75) is 24.8 Å². The van der Waals surface area contributed by atoms with E-state index in [9.17, 15) is 9.59 Å². The van der Waals surface area contributed by atoms with Gasteiger partial charge in [-0.3, -0.25) is 20.0 Å². The maximum absolute atomic E-state index is 13.0. The number of hydrogen-bond acceptors (Lipinski definition) is 5. The van der Waals surface area contributed by atoms with E-state index in [4.69, 9.17) is 10.7 Å². The van der Waals surface area contributed by atoms with Gasteiger partial charge >= 0.3 is 6.03 Å². The maximum Gasteiger partial charge on any atom is 0.328 e. The number of anilines is 2. The molecule has 3 aromatic rings. The zero-order valence-corrected chi connectivity index (χ0v) is 15.4. The summed E-state index contributed by atoms with van der Waals surface area (Å²) in [7, 11) is 0. The summed E-state index contributed by atoms with van der Waals surface area (Å²) in [5, 5.41) is 2.86. The van der Waals surface area contributed by atoms with Crippen LogP contribution >= 0.6 is 0 Å². The van der Waals surface area contributed by atoms with E-state index in [0.29, 0.717) is 34.4 Å². The van der Waals surface area contributed by atoms with Crippen LogP contribution in [-0.2, 0) is 0 Å². The average Bonchev–Trinajstić information content (AvgIpc) is 2.94. The van der Waals surface area contributed by atoms with E-state index >= 15 is 0 Å². The Labute approximate surface area is 166 Å². The van der Waals surface area contributed by atoms with Crippen LogP contribution in [0.15, 0.2) is 55.0 Å². The fourth-order valence-electron chi connectivity index (χ4n) is 3.98. The van der Waals surface area contributed by atoms with Crippen LogP contribution in [0.4, 0.5) is 16.4 Å². The number of nitrogens with two attached hydrogens (primary N) is 1. The molecular weight excluding hydrogens is 368 g/mol. The Bertz CT molecular complexity index is 1120. The van der Waals surface area contributed by atoms with E-state index < -0.39 is 5.91 Å². The molecule has 0 radical (unpaired) electrons. The molecular formula is C21H18N6O2. The maximum atomic E-state index is 13.0. The molecule has 8 heteroatoms. The standard InChI is InChI=1S/C21H18N6O2/c22-19(28)13-9-12(10-23-11-13)16-6-4-15-14-5-7-17(14)27(20(15)25-16)21(29)26-18-3-1-2-8-24-18/h1-4,6,8-11,14,17H,5,7H2,(H2,22,28)(H,24,26,29). The van der Waals surface area contributed by atoms with Gasteiger partial charge < -0.3 is 5.73 Å². The second-order valence-corrected chi connectivity index (χ2v) is 7.20. The molecule has 1 fully saturated rings. The first-order valence-corrected chi connectivity index (χ1v) is 9.39. The number of nitrogens with one attached hydrogen (secondary N) is 1. The fourth-order valence-corrected chi connectivity index (χ4v) is 3.98. The normalized spacial score (nSPS) is 19.1. The number of rotatable bonds is 3. The Morgan fingerprint density at radius 1 is 1.14 bits per heavy atom. The fraction of sp³-hybridized carbons (Fsp3) is 0.190. The summed E-state index contributed by atoms with van der Waals surface area (Å²) < 4.78 is 0. The molecule has 0 bridgehead atoms. The van der Waals surface area contributed by atoms with Gasteiger partial charge in [0.2, 0.25) is 5.91 Å². The van der Waals surface area contributed by atoms with E-state index in [1.165, 1.54) is 6.20 Å². The Hall–Kier alpha value is -3.81. The largest absolute Gasteiger partial charge is 0.366 e. The number of amides is 3. The first-order valence-electron chi connectivity index (χ1n) is 9.39. The molecule has 0 spiro atoms. The lowest BCUT2D eigenvalue weighted by molar-refractivity contribution is 0.1000. The highest BCUT2D eigenvalue weighted by Crippen LogP contribution is 2.51. The molecule has 1 aliphatic heterocycles. The lowest BCUT2D eigenvalue weighted by Crippen LogP contribution is -2.46. The van der Waals surface area contributed by atoms with Crippen LogP contribution in [-0.4, -0.2) is 32.9 Å². The molecule has 5 rings (SSSR count). The number of carbonyl (C=O) groups is 2. The van der Waals surface area contributed by atoms with E-state index in [0.717, 1.165) is 18.4 Å². The number of fused-ring (bicyclic) bond motifs is 3. The number of nitrogens with zero attached hydrogens (tertiary/aromatic N) is 4. The van der Waals surface area contributed by atoms with Crippen LogP contribution in [0.3, 0.4) is 0 Å². The molecule has 1 aliphatic carbocycles. The third-order valence-corrected chi connectivity index (χ3v) is 5.54. The highest BCUT2D eigenvalue weighted by molar-refractivity contribution is 6.03. The lowest BCUT2D eigenvalue weighted by Gasteiger charge is -2.35. The summed E-state index contributed by atoms with van der Waals surface area (Å²) in [6.07, 6.45) is 6.65. The van der Waals surface area contributed by atoms with E-state index in [-0.39, 0.29) is 12.1 Å². The monoisotopic (exact) mass is 386 g/mol. The van der Waals surface area contributed by atoms with Crippen molar-refractivity contribution in [3.8, 4) is 11.3 Å². The molecule has 4 heterocycles. The van der Waals surface area contributed by atoms with Crippen molar-refractivity contribution in [1.29, 1.82) is 0 Å². The summed E-state index contributed by atoms with van der Waals surface area (Å²) >= 11 is 0. The number of primary amides is 1. The molecule has 29 heavy (non-hydrogen) atoms. The van der Waals surface area contributed by atoms with Gasteiger partial charge in [0.25, 0.3) is 0 Å². The van der Waals surface area contributed by atoms with Crippen molar-refractivity contribution >= 4 is 23.6 Å². The Morgan fingerprint density at radius 2 is 2.03 bits per heavy atom. The van der Waals surface area contributed by atoms with Gasteiger partial charge in [-0.15, -0.1) is 0 Å². The smallest absolute Gasteiger partial charge is 0.328 e. The summed E-state index contributed by atoms with van der Waals surface area (Å²) in [5.74, 6) is 0.898. The minimum Gasteiger partial charge on any atom is -0.366 e. The van der Waals surface area contributed by atoms with Crippen LogP contribution in [0.1, 0.15) is 34.7 Å². The topological polar surface area (TPSA) is 114 Å². The third kappa shape index (κ3) is 2.89. The second-order valence-electron chi connectivity index (χ2n) is 7.20. The number of carbonyl (C=O) groups excluding carboxylic acids is 2. The molecule has 2 unspecified atom stereocenters. The summed E-state index contributed by atoms with van der Waals surface area (Å²) in [6.45, 7) is 0. The first-order chi connectivity index (χ1) is 14.1. The molecule has 144 valence electrons. The summed E-state index contributed by atoms with van der Waals surface area (Å²) in [6, 6.07) is 10.8. The summed E-state index contributed by atoms with van der Waals surface area (Å²) in [4.78, 5) is 39.2. The minimum absolute atomic E-state index is 0.103. The number of urea groups is 1. The minimum atomic E-state index is -0.546. The molecule has 0 aromatic carbocycles. The Morgan fingerprint density at radius 3 is 2.76 bits per heavy atom. The molecule has 2 atom stereocenters. The van der Waals surface area contributed by atoms with Crippen molar-refractivity contribution in [2.24, 2.45) is 5.73 Å². The van der Waals surface area contributed by atoms with Gasteiger partial charge in [0.1, 0.15) is 11.6 Å². The molecule has 3 aromatic heterocycles. The van der Waals surface area contributed by atoms with Gasteiger partial charge in [0.15, 0.2) is 0 Å². The van der Waals surface area contributed by atoms with Crippen LogP contribution in [0, 0.1) is 0 Å². The molecule has 3 N–H and O–H groups in total. The molecule has 8 nitrogen and oxygen atoms in total. The first kappa shape index (κ1) is 17.3. The van der Waals surface area contributed by atoms with Crippen molar-refractivity contribution < 1.29 is 9.59 Å². The van der Waals surface area contributed by atoms with Crippen LogP contribution in [0.5, 0.6) is 0 Å². The van der Waals surface area contributed by atoms with E-state index in [1.54, 1.807) is 35.5 Å². The molecule has 1 saturated carbocycles. The molecule has 0 saturated heterocycles. The number of aromatic nitrogens is 3. The van der Waals surface area contributed by atoms with E-state index in [2.05, 4.69) is 15.3 Å². The van der Waals surface area contributed by atoms with E-state index in [1.807, 2.05) is 18.2 Å². The number of pyridine rings is 3. The van der Waals surface area contributed by atoms with Gasteiger partial charge in [-0.1, -0.05) is 12.1 Å². The van der Waals surface area contributed by atoms with Crippen molar-refractivity contribution in [3.63, 3.8) is 0 Å². The van der Waals surface area contributed by atoms with Crippen LogP contribution in [0.25, 0.3) is 11.3 Å². The predicted molar refractivity (Wildman–Crippen MR) is 107 cm³/mol. The summed E-state index contributed by atoms with van der Waals surface area (Å²) in [5.41, 5.74) is 8.06. The quantitative estimate of drug-likeness (QED) is 0.718. The highest BCUT2D eigenvalue weighted by Gasteiger charge is 2.48. The predicted octanol–water partition coefficient (Wildman–Crippen LogP) is 2.94.